The summed E-state index contributed by atoms with van der Waals surface area (Å²) in [7, 11) is 0. The van der Waals surface area contributed by atoms with Gasteiger partial charge >= 0.3 is 0 Å². The summed E-state index contributed by atoms with van der Waals surface area (Å²) >= 11 is 7.38. The molecule has 5 aromatic rings. The maximum Gasteiger partial charge on any atom is 0.128 e. The molecule has 27 heavy (non-hydrogen) atoms. The maximum atomic E-state index is 15.0. The first-order valence-electron chi connectivity index (χ1n) is 8.76. The van der Waals surface area contributed by atoms with Gasteiger partial charge in [0, 0.05) is 50.9 Å². The second kappa shape index (κ2) is 6.00. The number of benzene rings is 3. The molecule has 2 nitrogen and oxygen atoms in total. The summed E-state index contributed by atoms with van der Waals surface area (Å²) < 4.78 is 15.0. The number of halogens is 2. The Hall–Kier alpha value is -3.04. The molecule has 132 valence electrons. The van der Waals surface area contributed by atoms with Gasteiger partial charge in [-0.2, -0.15) is 0 Å². The molecule has 2 aromatic heterocycles. The number of fused-ring (bicyclic) bond motifs is 2. The number of rotatable bonds is 3. The van der Waals surface area contributed by atoms with Gasteiger partial charge in [0.2, 0.25) is 0 Å². The smallest absolute Gasteiger partial charge is 0.128 e. The Morgan fingerprint density at radius 3 is 1.67 bits per heavy atom. The average molecular weight is 375 g/mol. The van der Waals surface area contributed by atoms with Crippen molar-refractivity contribution in [2.45, 2.75) is 4.87 Å². The Kier molecular flexibility index (Phi) is 3.59. The summed E-state index contributed by atoms with van der Waals surface area (Å²) in [6.07, 6.45) is 3.76. The van der Waals surface area contributed by atoms with Crippen molar-refractivity contribution in [3.05, 3.63) is 108 Å². The van der Waals surface area contributed by atoms with Crippen LogP contribution < -0.4 is 0 Å². The van der Waals surface area contributed by atoms with E-state index in [0.29, 0.717) is 5.56 Å². The molecule has 0 spiro atoms. The third-order valence-corrected chi connectivity index (χ3v) is 5.78. The van der Waals surface area contributed by atoms with E-state index < -0.39 is 4.87 Å². The third-order valence-electron chi connectivity index (χ3n) is 5.17. The molecule has 0 amide bonds. The Labute approximate surface area is 160 Å². The van der Waals surface area contributed by atoms with E-state index in [1.54, 1.807) is 12.1 Å². The highest BCUT2D eigenvalue weighted by Gasteiger charge is 2.40. The zero-order chi connectivity index (χ0) is 18.4. The lowest BCUT2D eigenvalue weighted by Crippen LogP contribution is -2.23. The van der Waals surface area contributed by atoms with Gasteiger partial charge in [-0.1, -0.05) is 54.6 Å². The van der Waals surface area contributed by atoms with Gasteiger partial charge in [0.25, 0.3) is 0 Å². The molecule has 4 heteroatoms. The minimum atomic E-state index is -1.18. The van der Waals surface area contributed by atoms with Crippen molar-refractivity contribution in [3.8, 4) is 0 Å². The minimum Gasteiger partial charge on any atom is -0.361 e. The molecule has 0 saturated carbocycles. The van der Waals surface area contributed by atoms with Gasteiger partial charge in [0.1, 0.15) is 10.7 Å². The standard InChI is InChI=1S/C23H16ClFN2/c24-23(17-9-3-4-10-20(17)25,18-13-26-21-11-5-1-7-15(18)21)19-14-27-22-12-6-2-8-16(19)22/h1-14,26-27H. The Bertz CT molecular complexity index is 1190. The molecule has 0 unspecified atom stereocenters. The summed E-state index contributed by atoms with van der Waals surface area (Å²) in [5, 5.41) is 1.95. The average Bonchev–Trinajstić information content (AvgIpc) is 3.33. The van der Waals surface area contributed by atoms with E-state index in [1.807, 2.05) is 67.0 Å². The summed E-state index contributed by atoms with van der Waals surface area (Å²) in [6, 6.07) is 22.6. The summed E-state index contributed by atoms with van der Waals surface area (Å²) in [5.74, 6) is -0.330. The monoisotopic (exact) mass is 374 g/mol. The number of aromatic nitrogens is 2. The van der Waals surface area contributed by atoms with Crippen molar-refractivity contribution < 1.29 is 4.39 Å². The minimum absolute atomic E-state index is 0.330. The molecule has 0 aliphatic heterocycles. The lowest BCUT2D eigenvalue weighted by atomic mass is 9.83. The Morgan fingerprint density at radius 2 is 1.11 bits per heavy atom. The molecular weight excluding hydrogens is 359 g/mol. The largest absolute Gasteiger partial charge is 0.361 e. The van der Waals surface area contributed by atoms with Crippen molar-refractivity contribution in [1.29, 1.82) is 0 Å². The highest BCUT2D eigenvalue weighted by atomic mass is 35.5. The summed E-state index contributed by atoms with van der Waals surface area (Å²) in [5.41, 5.74) is 4.02. The summed E-state index contributed by atoms with van der Waals surface area (Å²) in [4.78, 5) is 5.38. The number of alkyl halides is 1. The van der Waals surface area contributed by atoms with Crippen LogP contribution in [0.25, 0.3) is 21.8 Å². The van der Waals surface area contributed by atoms with Gasteiger partial charge in [-0.05, 0) is 18.2 Å². The van der Waals surface area contributed by atoms with Gasteiger partial charge in [0.15, 0.2) is 0 Å². The quantitative estimate of drug-likeness (QED) is 0.346. The second-order valence-electron chi connectivity index (χ2n) is 6.63. The first kappa shape index (κ1) is 16.2. The molecule has 0 atom stereocenters. The van der Waals surface area contributed by atoms with Gasteiger partial charge < -0.3 is 9.97 Å². The topological polar surface area (TPSA) is 31.6 Å². The van der Waals surface area contributed by atoms with Gasteiger partial charge in [-0.25, -0.2) is 4.39 Å². The van der Waals surface area contributed by atoms with Crippen molar-refractivity contribution in [2.75, 3.05) is 0 Å². The third kappa shape index (κ3) is 2.32. The molecule has 0 aliphatic carbocycles. The fourth-order valence-electron chi connectivity index (χ4n) is 3.89. The van der Waals surface area contributed by atoms with Crippen LogP contribution in [0.2, 0.25) is 0 Å². The molecule has 0 aliphatic rings. The van der Waals surface area contributed by atoms with E-state index in [9.17, 15) is 4.39 Å². The highest BCUT2D eigenvalue weighted by molar-refractivity contribution is 6.30. The van der Waals surface area contributed by atoms with Gasteiger partial charge in [-0.3, -0.25) is 0 Å². The lowest BCUT2D eigenvalue weighted by molar-refractivity contribution is 0.600. The van der Waals surface area contributed by atoms with Crippen molar-refractivity contribution in [3.63, 3.8) is 0 Å². The number of H-pyrrole nitrogens is 2. The Morgan fingerprint density at radius 1 is 0.630 bits per heavy atom. The predicted molar refractivity (Wildman–Crippen MR) is 109 cm³/mol. The van der Waals surface area contributed by atoms with E-state index in [-0.39, 0.29) is 5.82 Å². The van der Waals surface area contributed by atoms with Crippen LogP contribution in [0.15, 0.2) is 85.2 Å². The Balaban J connectivity index is 1.90. The first-order chi connectivity index (χ1) is 13.2. The maximum absolute atomic E-state index is 15.0. The number of para-hydroxylation sites is 2. The van der Waals surface area contributed by atoms with Crippen LogP contribution in [0.4, 0.5) is 4.39 Å². The zero-order valence-corrected chi connectivity index (χ0v) is 15.1. The van der Waals surface area contributed by atoms with Gasteiger partial charge in [0.05, 0.1) is 0 Å². The first-order valence-corrected chi connectivity index (χ1v) is 9.14. The van der Waals surface area contributed by atoms with Crippen LogP contribution >= 0.6 is 11.6 Å². The van der Waals surface area contributed by atoms with E-state index >= 15 is 0 Å². The highest BCUT2D eigenvalue weighted by Crippen LogP contribution is 2.48. The molecule has 0 fully saturated rings. The molecule has 0 radical (unpaired) electrons. The second-order valence-corrected chi connectivity index (χ2v) is 7.20. The molecule has 2 heterocycles. The molecule has 0 saturated heterocycles. The fourth-order valence-corrected chi connectivity index (χ4v) is 4.35. The van der Waals surface area contributed by atoms with E-state index in [0.717, 1.165) is 32.9 Å². The van der Waals surface area contributed by atoms with E-state index in [1.165, 1.54) is 6.07 Å². The normalized spacial score (nSPS) is 12.1. The number of nitrogens with one attached hydrogen (secondary N) is 2. The van der Waals surface area contributed by atoms with Crippen LogP contribution in [-0.4, -0.2) is 9.97 Å². The fraction of sp³-hybridized carbons (Fsp3) is 0.0435. The molecule has 0 bridgehead atoms. The van der Waals surface area contributed by atoms with Crippen molar-refractivity contribution in [2.24, 2.45) is 0 Å². The van der Waals surface area contributed by atoms with Crippen LogP contribution in [0.5, 0.6) is 0 Å². The van der Waals surface area contributed by atoms with Crippen LogP contribution in [-0.2, 0) is 4.87 Å². The lowest BCUT2D eigenvalue weighted by Gasteiger charge is -2.28. The van der Waals surface area contributed by atoms with Crippen molar-refractivity contribution >= 4 is 33.4 Å². The predicted octanol–water partition coefficient (Wildman–Crippen LogP) is 6.32. The molecule has 5 rings (SSSR count). The van der Waals surface area contributed by atoms with Crippen molar-refractivity contribution in [1.82, 2.24) is 9.97 Å². The van der Waals surface area contributed by atoms with Crippen LogP contribution in [0, 0.1) is 5.82 Å². The number of hydrogen-bond acceptors (Lipinski definition) is 0. The molecule has 3 aromatic carbocycles. The van der Waals surface area contributed by atoms with E-state index in [2.05, 4.69) is 9.97 Å². The van der Waals surface area contributed by atoms with E-state index in [4.69, 9.17) is 11.6 Å². The molecular formula is C23H16ClFN2. The zero-order valence-electron chi connectivity index (χ0n) is 14.3. The molecule has 2 N–H and O–H groups in total. The van der Waals surface area contributed by atoms with Crippen LogP contribution in [0.3, 0.4) is 0 Å². The summed E-state index contributed by atoms with van der Waals surface area (Å²) in [6.45, 7) is 0. The van der Waals surface area contributed by atoms with Gasteiger partial charge in [-0.15, -0.1) is 11.6 Å². The number of hydrogen-bond donors (Lipinski definition) is 2. The number of aromatic amines is 2. The SMILES string of the molecule is Fc1ccccc1C(Cl)(c1c[nH]c2ccccc12)c1c[nH]c2ccccc12. The van der Waals surface area contributed by atoms with Crippen LogP contribution in [0.1, 0.15) is 16.7 Å².